The summed E-state index contributed by atoms with van der Waals surface area (Å²) in [4.78, 5) is 36.1. The summed E-state index contributed by atoms with van der Waals surface area (Å²) >= 11 is 0. The predicted octanol–water partition coefficient (Wildman–Crippen LogP) is 4.86. The molecule has 0 saturated heterocycles. The van der Waals surface area contributed by atoms with Gasteiger partial charge in [0, 0.05) is 23.4 Å². The highest BCUT2D eigenvalue weighted by molar-refractivity contribution is 6.15. The van der Waals surface area contributed by atoms with E-state index in [0.29, 0.717) is 22.6 Å². The van der Waals surface area contributed by atoms with Crippen LogP contribution in [0.2, 0.25) is 0 Å². The zero-order chi connectivity index (χ0) is 26.1. The molecule has 1 aliphatic rings. The third-order valence-corrected chi connectivity index (χ3v) is 5.79. The van der Waals surface area contributed by atoms with Crippen molar-refractivity contribution in [2.45, 2.75) is 0 Å². The molecule has 184 valence electrons. The Labute approximate surface area is 210 Å². The molecule has 0 radical (unpaired) electrons. The number of hydrogen-bond donors (Lipinski definition) is 0. The smallest absolute Gasteiger partial charge is 0.337 e. The molecule has 0 N–H and O–H groups in total. The lowest BCUT2D eigenvalue weighted by atomic mass is 10.0. The van der Waals surface area contributed by atoms with E-state index >= 15 is 0 Å². The summed E-state index contributed by atoms with van der Waals surface area (Å²) in [6.07, 6.45) is 3.23. The number of ether oxygens (including phenoxy) is 3. The van der Waals surface area contributed by atoms with Crippen molar-refractivity contribution < 1.29 is 28.7 Å². The minimum Gasteiger partial charge on any atom is -0.490 e. The normalized spacial score (nSPS) is 13.2. The van der Waals surface area contributed by atoms with Gasteiger partial charge in [-0.3, -0.25) is 14.9 Å². The number of Topliss-reactive ketones (excluding diaryl/α,β-unsaturated/α-hetero) is 1. The lowest BCUT2D eigenvalue weighted by Crippen LogP contribution is -2.03. The van der Waals surface area contributed by atoms with Gasteiger partial charge in [0.15, 0.2) is 11.5 Å². The SMILES string of the molecule is COC(=O)c1ccc2c(c1)C(=O)C(=Cc1cn(-c3ccccc3)nc1-c1ccc(OC)c([N+](=O)[O-])c1)O2. The highest BCUT2D eigenvalue weighted by Crippen LogP contribution is 2.36. The molecule has 0 bridgehead atoms. The zero-order valence-electron chi connectivity index (χ0n) is 19.7. The Kier molecular flexibility index (Phi) is 5.98. The number of nitro groups is 1. The fourth-order valence-corrected chi connectivity index (χ4v) is 3.99. The number of allylic oxidation sites excluding steroid dienone is 1. The minimum atomic E-state index is -0.569. The zero-order valence-corrected chi connectivity index (χ0v) is 19.7. The van der Waals surface area contributed by atoms with Crippen molar-refractivity contribution in [3.8, 4) is 28.4 Å². The Balaban J connectivity index is 1.62. The number of esters is 1. The Morgan fingerprint density at radius 3 is 2.57 bits per heavy atom. The Morgan fingerprint density at radius 1 is 1.08 bits per heavy atom. The monoisotopic (exact) mass is 497 g/mol. The van der Waals surface area contributed by atoms with E-state index < -0.39 is 16.7 Å². The maximum atomic E-state index is 13.1. The summed E-state index contributed by atoms with van der Waals surface area (Å²) in [7, 11) is 2.61. The van der Waals surface area contributed by atoms with Crippen LogP contribution in [0.25, 0.3) is 23.0 Å². The number of hydrogen-bond acceptors (Lipinski definition) is 8. The number of rotatable bonds is 6. The van der Waals surface area contributed by atoms with E-state index in [0.717, 1.165) is 5.69 Å². The van der Waals surface area contributed by atoms with Crippen LogP contribution in [0.1, 0.15) is 26.3 Å². The Bertz CT molecular complexity index is 1590. The van der Waals surface area contributed by atoms with Gasteiger partial charge < -0.3 is 14.2 Å². The summed E-state index contributed by atoms with van der Waals surface area (Å²) in [5.74, 6) is -0.544. The number of carbonyl (C=O) groups excluding carboxylic acids is 2. The van der Waals surface area contributed by atoms with E-state index in [-0.39, 0.29) is 28.3 Å². The number of carbonyl (C=O) groups is 2. The average molecular weight is 497 g/mol. The van der Waals surface area contributed by atoms with Crippen LogP contribution in [0.5, 0.6) is 11.5 Å². The molecule has 37 heavy (non-hydrogen) atoms. The lowest BCUT2D eigenvalue weighted by molar-refractivity contribution is -0.385. The van der Waals surface area contributed by atoms with Gasteiger partial charge in [0.1, 0.15) is 11.4 Å². The van der Waals surface area contributed by atoms with Crippen molar-refractivity contribution in [3.63, 3.8) is 0 Å². The van der Waals surface area contributed by atoms with E-state index in [9.17, 15) is 19.7 Å². The predicted molar refractivity (Wildman–Crippen MR) is 133 cm³/mol. The average Bonchev–Trinajstić information content (AvgIpc) is 3.49. The van der Waals surface area contributed by atoms with Crippen LogP contribution >= 0.6 is 0 Å². The standard InChI is InChI=1S/C27H19N3O7/c1-35-23-11-8-16(13-21(23)30(33)34)25-18(15-29(28-25)19-6-4-3-5-7-19)14-24-26(31)20-12-17(27(32)36-2)9-10-22(20)37-24/h3-15H,1-2H3. The molecule has 1 aromatic heterocycles. The van der Waals surface area contributed by atoms with Gasteiger partial charge in [0.05, 0.1) is 36.0 Å². The Hall–Kier alpha value is -5.25. The van der Waals surface area contributed by atoms with Crippen LogP contribution in [0, 0.1) is 10.1 Å². The highest BCUT2D eigenvalue weighted by Gasteiger charge is 2.29. The van der Waals surface area contributed by atoms with Gasteiger partial charge in [-0.15, -0.1) is 0 Å². The lowest BCUT2D eigenvalue weighted by Gasteiger charge is -2.05. The summed E-state index contributed by atoms with van der Waals surface area (Å²) < 4.78 is 17.3. The molecule has 0 amide bonds. The Morgan fingerprint density at radius 2 is 1.86 bits per heavy atom. The van der Waals surface area contributed by atoms with Gasteiger partial charge in [0.25, 0.3) is 0 Å². The van der Waals surface area contributed by atoms with Crippen molar-refractivity contribution in [2.24, 2.45) is 0 Å². The maximum absolute atomic E-state index is 13.1. The number of benzene rings is 3. The molecule has 0 aliphatic carbocycles. The maximum Gasteiger partial charge on any atom is 0.337 e. The molecule has 3 aromatic carbocycles. The second-order valence-corrected chi connectivity index (χ2v) is 8.00. The van der Waals surface area contributed by atoms with E-state index in [4.69, 9.17) is 14.2 Å². The highest BCUT2D eigenvalue weighted by atomic mass is 16.6. The second-order valence-electron chi connectivity index (χ2n) is 8.00. The summed E-state index contributed by atoms with van der Waals surface area (Å²) in [5, 5.41) is 16.3. The number of fused-ring (bicyclic) bond motifs is 1. The van der Waals surface area contributed by atoms with Crippen LogP contribution in [0.15, 0.2) is 78.7 Å². The van der Waals surface area contributed by atoms with E-state index in [1.54, 1.807) is 16.9 Å². The molecule has 1 aliphatic heterocycles. The first kappa shape index (κ1) is 23.5. The third kappa shape index (κ3) is 4.31. The van der Waals surface area contributed by atoms with Crippen molar-refractivity contribution in [1.82, 2.24) is 9.78 Å². The summed E-state index contributed by atoms with van der Waals surface area (Å²) in [5.41, 5.74) is 2.32. The molecule has 2 heterocycles. The van der Waals surface area contributed by atoms with Gasteiger partial charge in [0.2, 0.25) is 5.78 Å². The van der Waals surface area contributed by atoms with E-state index in [2.05, 4.69) is 5.10 Å². The van der Waals surface area contributed by atoms with Crippen LogP contribution in [0.3, 0.4) is 0 Å². The van der Waals surface area contributed by atoms with Crippen LogP contribution in [0.4, 0.5) is 5.69 Å². The van der Waals surface area contributed by atoms with Gasteiger partial charge in [-0.25, -0.2) is 9.48 Å². The topological polar surface area (TPSA) is 123 Å². The fourth-order valence-electron chi connectivity index (χ4n) is 3.99. The fraction of sp³-hybridized carbons (Fsp3) is 0.0741. The van der Waals surface area contributed by atoms with Crippen molar-refractivity contribution in [1.29, 1.82) is 0 Å². The van der Waals surface area contributed by atoms with Crippen molar-refractivity contribution in [3.05, 3.63) is 105 Å². The van der Waals surface area contributed by atoms with Crippen LogP contribution in [-0.4, -0.2) is 40.7 Å². The molecule has 4 aromatic rings. The number of methoxy groups -OCH3 is 2. The van der Waals surface area contributed by atoms with Gasteiger partial charge in [-0.05, 0) is 48.5 Å². The van der Waals surface area contributed by atoms with Crippen LogP contribution in [-0.2, 0) is 4.74 Å². The van der Waals surface area contributed by atoms with Crippen molar-refractivity contribution >= 4 is 23.5 Å². The minimum absolute atomic E-state index is 0.0221. The first-order valence-electron chi connectivity index (χ1n) is 11.0. The van der Waals surface area contributed by atoms with Gasteiger partial charge >= 0.3 is 11.7 Å². The molecule has 0 saturated carbocycles. The van der Waals surface area contributed by atoms with Gasteiger partial charge in [-0.1, -0.05) is 18.2 Å². The molecule has 0 fully saturated rings. The molecule has 0 spiro atoms. The second kappa shape index (κ2) is 9.42. The number of nitrogens with zero attached hydrogens (tertiary/aromatic N) is 3. The molecule has 0 unspecified atom stereocenters. The number of para-hydroxylation sites is 1. The largest absolute Gasteiger partial charge is 0.490 e. The molecular weight excluding hydrogens is 478 g/mol. The van der Waals surface area contributed by atoms with Crippen LogP contribution < -0.4 is 9.47 Å². The first-order chi connectivity index (χ1) is 17.9. The molecule has 5 rings (SSSR count). The van der Waals surface area contributed by atoms with Crippen molar-refractivity contribution in [2.75, 3.05) is 14.2 Å². The molecule has 10 heteroatoms. The summed E-state index contributed by atoms with van der Waals surface area (Å²) in [6, 6.07) is 18.3. The molecular formula is C27H19N3O7. The first-order valence-corrected chi connectivity index (χ1v) is 11.0. The molecule has 10 nitrogen and oxygen atoms in total. The number of nitro benzene ring substituents is 1. The van der Waals surface area contributed by atoms with E-state index in [1.807, 2.05) is 30.3 Å². The van der Waals surface area contributed by atoms with Gasteiger partial charge in [-0.2, -0.15) is 5.10 Å². The summed E-state index contributed by atoms with van der Waals surface area (Å²) in [6.45, 7) is 0. The number of aromatic nitrogens is 2. The quantitative estimate of drug-likeness (QED) is 0.160. The van der Waals surface area contributed by atoms with E-state index in [1.165, 1.54) is 50.6 Å². The molecule has 0 atom stereocenters. The number of ketones is 1. The third-order valence-electron chi connectivity index (χ3n) is 5.79.